The number of nitrogens with one attached hydrogen (secondary N) is 1. The van der Waals surface area contributed by atoms with Crippen LogP contribution in [0.3, 0.4) is 0 Å². The fourth-order valence-corrected chi connectivity index (χ4v) is 0.990. The first-order chi connectivity index (χ1) is 9.40. The zero-order valence-electron chi connectivity index (χ0n) is 11.7. The smallest absolute Gasteiger partial charge is 0.408 e. The Kier molecular flexibility index (Phi) is 9.31. The number of carbonyl (C=O) groups is 3. The number of rotatable bonds is 11. The van der Waals surface area contributed by atoms with Gasteiger partial charge in [-0.25, -0.2) is 9.59 Å². The van der Waals surface area contributed by atoms with Gasteiger partial charge in [-0.15, -0.1) is 0 Å². The number of hydrogen-bond donors (Lipinski definition) is 2. The molecule has 0 radical (unpaired) electrons. The Hall–Kier alpha value is -1.67. The first kappa shape index (κ1) is 18.3. The van der Waals surface area contributed by atoms with Crippen LogP contribution >= 0.6 is 0 Å². The van der Waals surface area contributed by atoms with Crippen LogP contribution in [0.15, 0.2) is 0 Å². The predicted molar refractivity (Wildman–Crippen MR) is 68.5 cm³/mol. The molecule has 0 aromatic heterocycles. The molecule has 8 nitrogen and oxygen atoms in total. The summed E-state index contributed by atoms with van der Waals surface area (Å²) in [4.78, 5) is 32.0. The van der Waals surface area contributed by atoms with Crippen molar-refractivity contribution < 1.29 is 33.7 Å². The zero-order valence-corrected chi connectivity index (χ0v) is 11.7. The van der Waals surface area contributed by atoms with E-state index in [1.807, 2.05) is 0 Å². The molecule has 2 N–H and O–H groups in total. The van der Waals surface area contributed by atoms with Crippen LogP contribution in [0, 0.1) is 0 Å². The molecular weight excluding hydrogens is 270 g/mol. The number of ether oxygens (including phenoxy) is 3. The summed E-state index contributed by atoms with van der Waals surface area (Å²) in [6, 6.07) is 0. The summed E-state index contributed by atoms with van der Waals surface area (Å²) in [5.41, 5.74) is -1.57. The molecule has 0 spiro atoms. The first-order valence-electron chi connectivity index (χ1n) is 6.19. The van der Waals surface area contributed by atoms with Crippen LogP contribution in [0.4, 0.5) is 4.79 Å². The van der Waals surface area contributed by atoms with E-state index >= 15 is 0 Å². The number of carboxylic acids is 1. The van der Waals surface area contributed by atoms with Crippen LogP contribution in [0.2, 0.25) is 0 Å². The third kappa shape index (κ3) is 9.29. The average molecular weight is 291 g/mol. The van der Waals surface area contributed by atoms with Crippen molar-refractivity contribution >= 4 is 18.3 Å². The molecule has 0 aromatic carbocycles. The third-order valence-corrected chi connectivity index (χ3v) is 2.13. The van der Waals surface area contributed by atoms with Crippen molar-refractivity contribution in [3.8, 4) is 0 Å². The molecule has 8 heteroatoms. The molecule has 0 aliphatic carbocycles. The molecule has 0 aliphatic rings. The van der Waals surface area contributed by atoms with Gasteiger partial charge in [0.25, 0.3) is 0 Å². The van der Waals surface area contributed by atoms with Gasteiger partial charge in [0.1, 0.15) is 6.29 Å². The largest absolute Gasteiger partial charge is 0.478 e. The van der Waals surface area contributed by atoms with Gasteiger partial charge in [-0.05, 0) is 13.8 Å². The molecule has 20 heavy (non-hydrogen) atoms. The fraction of sp³-hybridized carbons (Fsp3) is 0.750. The second-order valence-corrected chi connectivity index (χ2v) is 4.31. The normalized spacial score (nSPS) is 10.9. The number of alkyl carbamates (subject to hydrolysis) is 1. The summed E-state index contributed by atoms with van der Waals surface area (Å²) in [7, 11) is 0. The van der Waals surface area contributed by atoms with E-state index in [9.17, 15) is 14.4 Å². The van der Waals surface area contributed by atoms with E-state index in [0.717, 1.165) is 6.29 Å². The van der Waals surface area contributed by atoms with Crippen molar-refractivity contribution in [1.29, 1.82) is 0 Å². The number of amides is 1. The third-order valence-electron chi connectivity index (χ3n) is 2.13. The highest BCUT2D eigenvalue weighted by Gasteiger charge is 2.31. The topological polar surface area (TPSA) is 111 Å². The molecule has 0 aliphatic heterocycles. The number of aldehydes is 1. The molecule has 0 atom stereocenters. The monoisotopic (exact) mass is 291 g/mol. The quantitative estimate of drug-likeness (QED) is 0.413. The average Bonchev–Trinajstić information content (AvgIpc) is 2.36. The van der Waals surface area contributed by atoms with Gasteiger partial charge in [-0.1, -0.05) is 0 Å². The maximum atomic E-state index is 11.3. The standard InChI is InChI=1S/C12H21NO7/c1-12(2,10(15)16)20-11(17)13-4-7-19-9-8-18-6-3-5-14/h5H,3-4,6-9H2,1-2H3,(H,13,17)(H,15,16). The number of carbonyl (C=O) groups excluding carboxylic acids is 2. The molecule has 0 heterocycles. The van der Waals surface area contributed by atoms with E-state index in [1.54, 1.807) is 0 Å². The second-order valence-electron chi connectivity index (χ2n) is 4.31. The Morgan fingerprint density at radius 1 is 1.15 bits per heavy atom. The molecule has 0 bridgehead atoms. The molecule has 0 saturated carbocycles. The minimum Gasteiger partial charge on any atom is -0.478 e. The van der Waals surface area contributed by atoms with Gasteiger partial charge in [0.2, 0.25) is 5.60 Å². The molecule has 0 fully saturated rings. The fourth-order valence-electron chi connectivity index (χ4n) is 0.990. The van der Waals surface area contributed by atoms with E-state index < -0.39 is 17.7 Å². The molecule has 0 saturated heterocycles. The van der Waals surface area contributed by atoms with Crippen molar-refractivity contribution in [1.82, 2.24) is 5.32 Å². The summed E-state index contributed by atoms with van der Waals surface area (Å²) in [5.74, 6) is -1.23. The van der Waals surface area contributed by atoms with E-state index in [4.69, 9.17) is 19.3 Å². The highest BCUT2D eigenvalue weighted by molar-refractivity contribution is 5.80. The maximum absolute atomic E-state index is 11.3. The lowest BCUT2D eigenvalue weighted by atomic mass is 10.1. The van der Waals surface area contributed by atoms with E-state index in [-0.39, 0.29) is 13.2 Å². The lowest BCUT2D eigenvalue weighted by molar-refractivity contribution is -0.154. The van der Waals surface area contributed by atoms with Gasteiger partial charge in [-0.2, -0.15) is 0 Å². The Labute approximate surface area is 117 Å². The van der Waals surface area contributed by atoms with Crippen LogP contribution < -0.4 is 5.32 Å². The number of aliphatic carboxylic acids is 1. The molecule has 0 unspecified atom stereocenters. The Morgan fingerprint density at radius 3 is 2.30 bits per heavy atom. The van der Waals surface area contributed by atoms with Crippen LogP contribution in [0.1, 0.15) is 20.3 Å². The van der Waals surface area contributed by atoms with Crippen molar-refractivity contribution in [3.05, 3.63) is 0 Å². The van der Waals surface area contributed by atoms with Gasteiger partial charge in [0, 0.05) is 13.0 Å². The Bertz CT molecular complexity index is 317. The van der Waals surface area contributed by atoms with E-state index in [1.165, 1.54) is 13.8 Å². The van der Waals surface area contributed by atoms with E-state index in [0.29, 0.717) is 26.2 Å². The summed E-state index contributed by atoms with van der Waals surface area (Å²) in [5, 5.41) is 11.1. The SMILES string of the molecule is CC(C)(OC(=O)NCCOCCOCCC=O)C(=O)O. The number of carboxylic acid groups (broad SMARTS) is 1. The van der Waals surface area contributed by atoms with E-state index in [2.05, 4.69) is 5.32 Å². The lowest BCUT2D eigenvalue weighted by Gasteiger charge is -2.20. The van der Waals surface area contributed by atoms with Gasteiger partial charge < -0.3 is 29.4 Å². The van der Waals surface area contributed by atoms with Gasteiger partial charge in [0.15, 0.2) is 0 Å². The van der Waals surface area contributed by atoms with Crippen molar-refractivity contribution in [2.24, 2.45) is 0 Å². The number of hydrogen-bond acceptors (Lipinski definition) is 6. The first-order valence-corrected chi connectivity index (χ1v) is 6.19. The van der Waals surface area contributed by atoms with Gasteiger partial charge >= 0.3 is 12.1 Å². The lowest BCUT2D eigenvalue weighted by Crippen LogP contribution is -2.41. The summed E-state index contributed by atoms with van der Waals surface area (Å²) >= 11 is 0. The second kappa shape index (κ2) is 10.2. The zero-order chi connectivity index (χ0) is 15.4. The summed E-state index contributed by atoms with van der Waals surface area (Å²) in [6.45, 7) is 4.08. The summed E-state index contributed by atoms with van der Waals surface area (Å²) in [6.07, 6.45) is 0.310. The van der Waals surface area contributed by atoms with Crippen molar-refractivity contribution in [3.63, 3.8) is 0 Å². The van der Waals surface area contributed by atoms with Crippen LogP contribution in [0.5, 0.6) is 0 Å². The Morgan fingerprint density at radius 2 is 1.75 bits per heavy atom. The predicted octanol–water partition coefficient (Wildman–Crippen LogP) is 0.198. The molecule has 0 aromatic rings. The highest BCUT2D eigenvalue weighted by atomic mass is 16.6. The van der Waals surface area contributed by atoms with Crippen molar-refractivity contribution in [2.75, 3.05) is 33.0 Å². The maximum Gasteiger partial charge on any atom is 0.408 e. The molecular formula is C12H21NO7. The van der Waals surface area contributed by atoms with Gasteiger partial charge in [0.05, 0.1) is 26.4 Å². The minimum absolute atomic E-state index is 0.197. The summed E-state index contributed by atoms with van der Waals surface area (Å²) < 4.78 is 14.9. The highest BCUT2D eigenvalue weighted by Crippen LogP contribution is 2.08. The van der Waals surface area contributed by atoms with Crippen LogP contribution in [0.25, 0.3) is 0 Å². The van der Waals surface area contributed by atoms with Gasteiger partial charge in [-0.3, -0.25) is 0 Å². The molecule has 0 rings (SSSR count). The van der Waals surface area contributed by atoms with Crippen molar-refractivity contribution in [2.45, 2.75) is 25.9 Å². The van der Waals surface area contributed by atoms with Crippen LogP contribution in [-0.2, 0) is 23.8 Å². The molecule has 1 amide bonds. The van der Waals surface area contributed by atoms with Crippen LogP contribution in [-0.4, -0.2) is 62.0 Å². The minimum atomic E-state index is -1.57. The molecule has 116 valence electrons. The Balaban J connectivity index is 3.49.